The number of halogens is 2. The van der Waals surface area contributed by atoms with E-state index in [1.165, 1.54) is 11.4 Å². The zero-order chi connectivity index (χ0) is 18.8. The van der Waals surface area contributed by atoms with Crippen LogP contribution in [0.3, 0.4) is 0 Å². The van der Waals surface area contributed by atoms with Crippen LogP contribution in [0.25, 0.3) is 0 Å². The first-order chi connectivity index (χ1) is 11.1. The van der Waals surface area contributed by atoms with Gasteiger partial charge in [-0.2, -0.15) is 17.2 Å². The van der Waals surface area contributed by atoms with Crippen LogP contribution < -0.4 is 4.74 Å². The molecule has 1 heterocycles. The van der Waals surface area contributed by atoms with E-state index in [9.17, 15) is 31.6 Å². The van der Waals surface area contributed by atoms with Gasteiger partial charge in [-0.3, -0.25) is 0 Å². The number of hydrogen-bond acceptors (Lipinski definition) is 8. The molecule has 0 atom stereocenters. The van der Waals surface area contributed by atoms with Crippen molar-refractivity contribution >= 4 is 39.7 Å². The molecule has 1 rings (SSSR count). The van der Waals surface area contributed by atoms with E-state index in [1.54, 1.807) is 13.8 Å². The van der Waals surface area contributed by atoms with Gasteiger partial charge in [-0.25, -0.2) is 14.4 Å². The van der Waals surface area contributed by atoms with Crippen LogP contribution in [-0.2, 0) is 24.5 Å². The van der Waals surface area contributed by atoms with Crippen molar-refractivity contribution in [1.82, 2.24) is 0 Å². The van der Waals surface area contributed by atoms with Crippen LogP contribution in [0.2, 0.25) is 0 Å². The van der Waals surface area contributed by atoms with Crippen LogP contribution in [0.5, 0.6) is 5.75 Å². The lowest BCUT2D eigenvalue weighted by atomic mass is 10.4. The van der Waals surface area contributed by atoms with Crippen LogP contribution in [0.4, 0.5) is 8.78 Å². The van der Waals surface area contributed by atoms with E-state index in [-0.39, 0.29) is 16.7 Å². The maximum atomic E-state index is 11.8. The molecule has 0 N–H and O–H groups in total. The second-order valence-electron chi connectivity index (χ2n) is 3.79. The molecule has 0 aliphatic carbocycles. The molecule has 1 aromatic heterocycles. The Labute approximate surface area is 138 Å². The Balaban J connectivity index is 0.000000506. The highest BCUT2D eigenvalue weighted by atomic mass is 32.2. The van der Waals surface area contributed by atoms with Gasteiger partial charge in [-0.05, 0) is 13.8 Å². The highest BCUT2D eigenvalue weighted by molar-refractivity contribution is 7.89. The van der Waals surface area contributed by atoms with Crippen molar-refractivity contribution in [3.63, 3.8) is 0 Å². The predicted molar refractivity (Wildman–Crippen MR) is 76.7 cm³/mol. The normalized spacial score (nSPS) is 10.1. The fraction of sp³-hybridized carbons (Fsp3) is 0.364. The maximum absolute atomic E-state index is 11.8. The average Bonchev–Trinajstić information content (AvgIpc) is 2.86. The monoisotopic (exact) mass is 384 g/mol. The van der Waals surface area contributed by atoms with Crippen molar-refractivity contribution in [3.05, 3.63) is 16.3 Å². The maximum Gasteiger partial charge on any atom is 0.387 e. The number of hydrogen-bond donors (Lipinski definition) is 0. The zero-order valence-corrected chi connectivity index (χ0v) is 13.8. The van der Waals surface area contributed by atoms with Crippen molar-refractivity contribution in [3.8, 4) is 5.75 Å². The summed E-state index contributed by atoms with van der Waals surface area (Å²) in [5.74, 6) is -0.551. The Kier molecular flexibility index (Phi) is 9.28. The first kappa shape index (κ1) is 21.5. The summed E-state index contributed by atoms with van der Waals surface area (Å²) in [7, 11) is -4.28. The molecule has 0 amide bonds. The van der Waals surface area contributed by atoms with Gasteiger partial charge in [0.1, 0.15) is 10.6 Å². The second kappa shape index (κ2) is 10.3. The Morgan fingerprint density at radius 2 is 1.79 bits per heavy atom. The fourth-order valence-electron chi connectivity index (χ4n) is 0.977. The number of ether oxygens (including phenoxy) is 2. The summed E-state index contributed by atoms with van der Waals surface area (Å²) in [4.78, 5) is 30.0. The van der Waals surface area contributed by atoms with Crippen LogP contribution >= 0.6 is 11.3 Å². The molecule has 0 saturated heterocycles. The number of isocyanates is 2. The Morgan fingerprint density at radius 3 is 2.21 bits per heavy atom. The molecule has 0 fully saturated rings. The average molecular weight is 384 g/mol. The summed E-state index contributed by atoms with van der Waals surface area (Å²) in [5, 5.41) is 1.34. The zero-order valence-electron chi connectivity index (χ0n) is 12.1. The summed E-state index contributed by atoms with van der Waals surface area (Å²) < 4.78 is 56.9. The fourth-order valence-corrected chi connectivity index (χ4v) is 1.90. The van der Waals surface area contributed by atoms with E-state index in [1.807, 2.05) is 0 Å². The molecule has 0 unspecified atom stereocenters. The van der Waals surface area contributed by atoms with Gasteiger partial charge in [-0.1, -0.05) is 8.80 Å². The molecule has 9 nitrogen and oxygen atoms in total. The third-order valence-corrected chi connectivity index (χ3v) is 3.15. The molecule has 0 bridgehead atoms. The van der Waals surface area contributed by atoms with Gasteiger partial charge in [0.15, 0.2) is 0 Å². The highest BCUT2D eigenvalue weighted by Crippen LogP contribution is 2.24. The van der Waals surface area contributed by atoms with Gasteiger partial charge >= 0.3 is 22.8 Å². The van der Waals surface area contributed by atoms with E-state index >= 15 is 0 Å². The summed E-state index contributed by atoms with van der Waals surface area (Å²) in [6.07, 6.45) is 1.18. The Bertz CT molecular complexity index is 724. The molecule has 0 aliphatic rings. The van der Waals surface area contributed by atoms with Gasteiger partial charge in [0, 0.05) is 11.4 Å². The van der Waals surface area contributed by atoms with E-state index in [0.29, 0.717) is 12.2 Å². The van der Waals surface area contributed by atoms with Crippen molar-refractivity contribution in [2.45, 2.75) is 26.6 Å². The minimum Gasteiger partial charge on any atom is -0.459 e. The third-order valence-electron chi connectivity index (χ3n) is 1.65. The van der Waals surface area contributed by atoms with Crippen molar-refractivity contribution in [2.24, 2.45) is 8.80 Å². The van der Waals surface area contributed by atoms with Gasteiger partial charge in [0.2, 0.25) is 0 Å². The lowest BCUT2D eigenvalue weighted by Crippen LogP contribution is -2.10. The van der Waals surface area contributed by atoms with Crippen LogP contribution in [0.1, 0.15) is 23.5 Å². The topological polar surface area (TPSA) is 129 Å². The standard InChI is InChI=1S/C9H10F2O3S.C2N2O4S/c1-5(2)13-8(12)7-3-6(4-15-7)14-9(10)11;5-1-3-9(7,8)4-2-6/h3-5,9H,1-2H3;. The van der Waals surface area contributed by atoms with Gasteiger partial charge in [0.25, 0.3) is 12.2 Å². The van der Waals surface area contributed by atoms with Gasteiger partial charge < -0.3 is 9.47 Å². The highest BCUT2D eigenvalue weighted by Gasteiger charge is 2.14. The van der Waals surface area contributed by atoms with Crippen LogP contribution in [-0.4, -0.2) is 39.3 Å². The summed E-state index contributed by atoms with van der Waals surface area (Å²) in [6, 6.07) is 1.24. The minimum atomic E-state index is -4.28. The lowest BCUT2D eigenvalue weighted by Gasteiger charge is -2.05. The van der Waals surface area contributed by atoms with E-state index in [0.717, 1.165) is 11.3 Å². The number of esters is 1. The molecular formula is C11H10F2N2O7S2. The van der Waals surface area contributed by atoms with Crippen molar-refractivity contribution < 1.29 is 41.1 Å². The Hall–Kier alpha value is -2.46. The molecule has 0 aliphatic heterocycles. The van der Waals surface area contributed by atoms with Crippen molar-refractivity contribution in [1.29, 1.82) is 0 Å². The number of carbonyl (C=O) groups is 1. The number of alkyl halides is 2. The molecule has 0 radical (unpaired) electrons. The number of rotatable bonds is 6. The SMILES string of the molecule is CC(C)OC(=O)c1cc(OC(F)F)cs1.O=C=NS(=O)(=O)N=C=O. The molecule has 1 aromatic rings. The predicted octanol–water partition coefficient (Wildman–Crippen LogP) is 1.82. The third kappa shape index (κ3) is 9.54. The summed E-state index contributed by atoms with van der Waals surface area (Å²) in [6.45, 7) is 0.540. The van der Waals surface area contributed by atoms with Gasteiger partial charge in [0.05, 0.1) is 6.10 Å². The van der Waals surface area contributed by atoms with E-state index < -0.39 is 22.8 Å². The smallest absolute Gasteiger partial charge is 0.387 e. The van der Waals surface area contributed by atoms with Crippen LogP contribution in [0.15, 0.2) is 20.2 Å². The molecular weight excluding hydrogens is 374 g/mol. The Morgan fingerprint density at radius 1 is 1.25 bits per heavy atom. The first-order valence-electron chi connectivity index (χ1n) is 5.78. The molecule has 132 valence electrons. The minimum absolute atomic E-state index is 0.0225. The largest absolute Gasteiger partial charge is 0.459 e. The lowest BCUT2D eigenvalue weighted by molar-refractivity contribution is -0.0496. The molecule has 24 heavy (non-hydrogen) atoms. The molecule has 13 heteroatoms. The quantitative estimate of drug-likeness (QED) is 0.415. The molecule has 0 saturated carbocycles. The van der Waals surface area contributed by atoms with Crippen LogP contribution in [0, 0.1) is 0 Å². The summed E-state index contributed by atoms with van der Waals surface area (Å²) >= 11 is 1.01. The number of carbonyl (C=O) groups excluding carboxylic acids is 3. The first-order valence-corrected chi connectivity index (χ1v) is 8.06. The number of nitrogens with zero attached hydrogens (tertiary/aromatic N) is 2. The summed E-state index contributed by atoms with van der Waals surface area (Å²) in [5.41, 5.74) is 0. The molecule has 0 aromatic carbocycles. The van der Waals surface area contributed by atoms with Crippen molar-refractivity contribution in [2.75, 3.05) is 0 Å². The van der Waals surface area contributed by atoms with E-state index in [2.05, 4.69) is 13.5 Å². The van der Waals surface area contributed by atoms with Gasteiger partial charge in [-0.15, -0.1) is 11.3 Å². The second-order valence-corrected chi connectivity index (χ2v) is 5.96. The molecule has 0 spiro atoms. The number of thiophene rings is 1. The van der Waals surface area contributed by atoms with E-state index in [4.69, 9.17) is 4.74 Å².